The quantitative estimate of drug-likeness (QED) is 0.272. The van der Waals surface area contributed by atoms with Crippen LogP contribution in [0.4, 0.5) is 10.8 Å². The first-order chi connectivity index (χ1) is 15.7. The monoisotopic (exact) mass is 456 g/mol. The van der Waals surface area contributed by atoms with Gasteiger partial charge in [-0.15, -0.1) is 0 Å². The minimum atomic E-state index is -0.183. The highest BCUT2D eigenvalue weighted by Crippen LogP contribution is 2.35. The van der Waals surface area contributed by atoms with Gasteiger partial charge in [-0.25, -0.2) is 4.98 Å². The van der Waals surface area contributed by atoms with Crippen molar-refractivity contribution >= 4 is 49.9 Å². The van der Waals surface area contributed by atoms with Gasteiger partial charge < -0.3 is 4.74 Å². The summed E-state index contributed by atoms with van der Waals surface area (Å²) >= 11 is 7.49. The molecule has 6 heteroatoms. The number of ether oxygens (including phenoxy) is 1. The SMILES string of the molecule is O=C(c1ccc(Cl)cc1)N(c1ccc(Oc2ccccc2)cc1)c1nc2ccccc2s1. The number of carbonyl (C=O) groups excluding carboxylic acids is 1. The van der Waals surface area contributed by atoms with E-state index in [4.69, 9.17) is 21.3 Å². The van der Waals surface area contributed by atoms with E-state index in [2.05, 4.69) is 0 Å². The number of hydrogen-bond donors (Lipinski definition) is 0. The third-order valence-electron chi connectivity index (χ3n) is 4.84. The molecule has 0 spiro atoms. The van der Waals surface area contributed by atoms with Crippen molar-refractivity contribution in [3.05, 3.63) is 114 Å². The Labute approximate surface area is 194 Å². The standard InChI is InChI=1S/C26H17ClN2O2S/c27-19-12-10-18(11-13-19)25(30)29(26-28-23-8-4-5-9-24(23)32-26)20-14-16-22(17-15-20)31-21-6-2-1-3-7-21/h1-17H. The Balaban J connectivity index is 1.53. The molecule has 5 rings (SSSR count). The lowest BCUT2D eigenvalue weighted by Crippen LogP contribution is -2.25. The summed E-state index contributed by atoms with van der Waals surface area (Å²) in [5.41, 5.74) is 2.08. The fourth-order valence-corrected chi connectivity index (χ4v) is 4.39. The minimum absolute atomic E-state index is 0.183. The van der Waals surface area contributed by atoms with Gasteiger partial charge in [0.2, 0.25) is 0 Å². The van der Waals surface area contributed by atoms with Crippen LogP contribution in [0.25, 0.3) is 10.2 Å². The van der Waals surface area contributed by atoms with Crippen molar-refractivity contribution in [3.63, 3.8) is 0 Å². The molecule has 1 aromatic heterocycles. The van der Waals surface area contributed by atoms with Gasteiger partial charge in [0.1, 0.15) is 11.5 Å². The summed E-state index contributed by atoms with van der Waals surface area (Å²) in [4.78, 5) is 19.9. The topological polar surface area (TPSA) is 42.4 Å². The van der Waals surface area contributed by atoms with Crippen molar-refractivity contribution in [3.8, 4) is 11.5 Å². The van der Waals surface area contributed by atoms with E-state index in [9.17, 15) is 4.79 Å². The molecule has 0 radical (unpaired) electrons. The van der Waals surface area contributed by atoms with Crippen LogP contribution in [0.5, 0.6) is 11.5 Å². The van der Waals surface area contributed by atoms with Crippen LogP contribution in [0.2, 0.25) is 5.02 Å². The number of fused-ring (bicyclic) bond motifs is 1. The Bertz CT molecular complexity index is 1330. The third kappa shape index (κ3) is 4.21. The summed E-state index contributed by atoms with van der Waals surface area (Å²) in [6.07, 6.45) is 0. The highest BCUT2D eigenvalue weighted by molar-refractivity contribution is 7.22. The van der Waals surface area contributed by atoms with E-state index in [-0.39, 0.29) is 5.91 Å². The average Bonchev–Trinajstić information content (AvgIpc) is 3.25. The number of nitrogens with zero attached hydrogens (tertiary/aromatic N) is 2. The van der Waals surface area contributed by atoms with Crippen LogP contribution in [0.3, 0.4) is 0 Å². The van der Waals surface area contributed by atoms with Gasteiger partial charge >= 0.3 is 0 Å². The summed E-state index contributed by atoms with van der Waals surface area (Å²) < 4.78 is 6.91. The molecular weight excluding hydrogens is 440 g/mol. The summed E-state index contributed by atoms with van der Waals surface area (Å²) in [6.45, 7) is 0. The van der Waals surface area contributed by atoms with Gasteiger partial charge in [0.25, 0.3) is 5.91 Å². The molecule has 0 aliphatic carbocycles. The predicted molar refractivity (Wildman–Crippen MR) is 130 cm³/mol. The Morgan fingerprint density at radius 2 is 1.44 bits per heavy atom. The lowest BCUT2D eigenvalue weighted by molar-refractivity contribution is 0.0999. The van der Waals surface area contributed by atoms with Crippen molar-refractivity contribution in [2.75, 3.05) is 4.90 Å². The van der Waals surface area contributed by atoms with Crippen LogP contribution in [0, 0.1) is 0 Å². The molecule has 0 atom stereocenters. The second-order valence-corrected chi connectivity index (χ2v) is 8.47. The second-order valence-electron chi connectivity index (χ2n) is 7.02. The molecule has 156 valence electrons. The van der Waals surface area contributed by atoms with Crippen LogP contribution >= 0.6 is 22.9 Å². The number of amides is 1. The fraction of sp³-hybridized carbons (Fsp3) is 0. The highest BCUT2D eigenvalue weighted by Gasteiger charge is 2.23. The molecular formula is C26H17ClN2O2S. The maximum Gasteiger partial charge on any atom is 0.264 e. The maximum absolute atomic E-state index is 13.5. The van der Waals surface area contributed by atoms with E-state index in [0.717, 1.165) is 16.0 Å². The molecule has 4 aromatic carbocycles. The van der Waals surface area contributed by atoms with E-state index in [1.54, 1.807) is 29.2 Å². The van der Waals surface area contributed by atoms with Crippen molar-refractivity contribution in [2.45, 2.75) is 0 Å². The fourth-order valence-electron chi connectivity index (χ4n) is 3.28. The first-order valence-corrected chi connectivity index (χ1v) is 11.2. The molecule has 0 aliphatic rings. The smallest absolute Gasteiger partial charge is 0.264 e. The molecule has 0 bridgehead atoms. The van der Waals surface area contributed by atoms with Gasteiger partial charge in [-0.2, -0.15) is 0 Å². The Hall–Kier alpha value is -3.67. The zero-order valence-electron chi connectivity index (χ0n) is 16.8. The Morgan fingerprint density at radius 1 is 0.781 bits per heavy atom. The molecule has 1 amide bonds. The second kappa shape index (κ2) is 8.83. The third-order valence-corrected chi connectivity index (χ3v) is 6.12. The van der Waals surface area contributed by atoms with E-state index in [0.29, 0.717) is 27.2 Å². The first-order valence-electron chi connectivity index (χ1n) is 9.96. The van der Waals surface area contributed by atoms with Crippen LogP contribution in [-0.4, -0.2) is 10.9 Å². The lowest BCUT2D eigenvalue weighted by atomic mass is 10.2. The van der Waals surface area contributed by atoms with Crippen molar-refractivity contribution in [1.29, 1.82) is 0 Å². The zero-order chi connectivity index (χ0) is 21.9. The molecule has 0 N–H and O–H groups in total. The predicted octanol–water partition coefficient (Wildman–Crippen LogP) is 7.72. The van der Waals surface area contributed by atoms with Gasteiger partial charge in [-0.1, -0.05) is 53.3 Å². The summed E-state index contributed by atoms with van der Waals surface area (Å²) in [7, 11) is 0. The molecule has 32 heavy (non-hydrogen) atoms. The number of thiazole rings is 1. The van der Waals surface area contributed by atoms with E-state index < -0.39 is 0 Å². The molecule has 4 nitrogen and oxygen atoms in total. The molecule has 0 saturated heterocycles. The molecule has 0 saturated carbocycles. The molecule has 5 aromatic rings. The number of rotatable bonds is 5. The summed E-state index contributed by atoms with van der Waals surface area (Å²) in [5.74, 6) is 1.25. The maximum atomic E-state index is 13.5. The highest BCUT2D eigenvalue weighted by atomic mass is 35.5. The first kappa shape index (κ1) is 20.2. The lowest BCUT2D eigenvalue weighted by Gasteiger charge is -2.20. The average molecular weight is 457 g/mol. The van der Waals surface area contributed by atoms with Crippen molar-refractivity contribution < 1.29 is 9.53 Å². The van der Waals surface area contributed by atoms with Crippen LogP contribution in [0.1, 0.15) is 10.4 Å². The van der Waals surface area contributed by atoms with Crippen LogP contribution in [0.15, 0.2) is 103 Å². The van der Waals surface area contributed by atoms with Crippen molar-refractivity contribution in [2.24, 2.45) is 0 Å². The summed E-state index contributed by atoms with van der Waals surface area (Å²) in [6, 6.07) is 31.7. The molecule has 0 aliphatic heterocycles. The molecule has 0 unspecified atom stereocenters. The number of hydrogen-bond acceptors (Lipinski definition) is 4. The van der Waals surface area contributed by atoms with Gasteiger partial charge in [0.05, 0.1) is 15.9 Å². The number of benzene rings is 4. The van der Waals surface area contributed by atoms with Crippen molar-refractivity contribution in [1.82, 2.24) is 4.98 Å². The van der Waals surface area contributed by atoms with Crippen LogP contribution < -0.4 is 9.64 Å². The van der Waals surface area contributed by atoms with Gasteiger partial charge in [0.15, 0.2) is 5.13 Å². The van der Waals surface area contributed by atoms with Gasteiger partial charge in [-0.3, -0.25) is 9.69 Å². The Kier molecular flexibility index (Phi) is 5.58. The number of para-hydroxylation sites is 2. The number of aromatic nitrogens is 1. The number of anilines is 2. The van der Waals surface area contributed by atoms with E-state index in [1.165, 1.54) is 11.3 Å². The normalized spacial score (nSPS) is 10.8. The number of halogens is 1. The molecule has 0 fully saturated rings. The zero-order valence-corrected chi connectivity index (χ0v) is 18.4. The Morgan fingerprint density at radius 3 is 2.16 bits per heavy atom. The van der Waals surface area contributed by atoms with Gasteiger partial charge in [0, 0.05) is 10.6 Å². The van der Waals surface area contributed by atoms with Gasteiger partial charge in [-0.05, 0) is 72.8 Å². The van der Waals surface area contributed by atoms with Crippen LogP contribution in [-0.2, 0) is 0 Å². The van der Waals surface area contributed by atoms with E-state index >= 15 is 0 Å². The minimum Gasteiger partial charge on any atom is -0.457 e. The molecule has 1 heterocycles. The summed E-state index contributed by atoms with van der Waals surface area (Å²) in [5, 5.41) is 1.18. The van der Waals surface area contributed by atoms with E-state index in [1.807, 2.05) is 78.9 Å². The largest absolute Gasteiger partial charge is 0.457 e. The number of carbonyl (C=O) groups is 1.